The molecule has 4 rings (SSSR count). The fourth-order valence-electron chi connectivity index (χ4n) is 3.91. The number of carbonyl (C=O) groups excluding carboxylic acids is 1. The lowest BCUT2D eigenvalue weighted by molar-refractivity contribution is -0.199. The first-order valence-electron chi connectivity index (χ1n) is 10.9. The lowest BCUT2D eigenvalue weighted by Gasteiger charge is -2.28. The highest BCUT2D eigenvalue weighted by atomic mass is 35.5. The van der Waals surface area contributed by atoms with Crippen molar-refractivity contribution in [1.82, 2.24) is 14.3 Å². The molecular formula is C22H21ClF3N5O4S2. The first-order chi connectivity index (χ1) is 17.5. The van der Waals surface area contributed by atoms with E-state index in [2.05, 4.69) is 31.2 Å². The molecular weight excluding hydrogens is 555 g/mol. The lowest BCUT2D eigenvalue weighted by atomic mass is 10.2. The molecule has 2 aromatic carbocycles. The summed E-state index contributed by atoms with van der Waals surface area (Å²) >= 11 is 6.86. The van der Waals surface area contributed by atoms with Crippen LogP contribution in [0.4, 0.5) is 24.0 Å². The standard InChI is InChI=1S/C22H21ClF3N5O4S2/c1-29(16-9-10-30(13-16)12-15-5-3-2-4-6-15)19-8-7-17(11-18(19)23)37(33,34)31(21-27-14-28-36-21)35-20(32)22(24,25)26/h2-8,11,14,16H,9-10,12-13H2,1H3/t16-/m1/s1. The number of sulfonamides is 1. The smallest absolute Gasteiger partial charge is 0.369 e. The van der Waals surface area contributed by atoms with Crippen LogP contribution in [0, 0.1) is 0 Å². The van der Waals surface area contributed by atoms with Crippen molar-refractivity contribution in [2.45, 2.75) is 30.1 Å². The first-order valence-corrected chi connectivity index (χ1v) is 13.5. The summed E-state index contributed by atoms with van der Waals surface area (Å²) in [5.41, 5.74) is 1.74. The summed E-state index contributed by atoms with van der Waals surface area (Å²) in [6.45, 7) is 2.43. The molecule has 0 aliphatic carbocycles. The Bertz CT molecular complexity index is 1340. The molecule has 198 valence electrons. The van der Waals surface area contributed by atoms with Gasteiger partial charge in [0.15, 0.2) is 0 Å². The lowest BCUT2D eigenvalue weighted by Crippen LogP contribution is -2.38. The maximum absolute atomic E-state index is 13.1. The minimum atomic E-state index is -5.43. The van der Waals surface area contributed by atoms with Crippen molar-refractivity contribution in [2.24, 2.45) is 0 Å². The highest BCUT2D eigenvalue weighted by molar-refractivity contribution is 7.92. The van der Waals surface area contributed by atoms with Crippen LogP contribution in [-0.2, 0) is 26.2 Å². The van der Waals surface area contributed by atoms with Crippen molar-refractivity contribution >= 4 is 49.9 Å². The third kappa shape index (κ3) is 6.14. The Morgan fingerprint density at radius 3 is 2.59 bits per heavy atom. The van der Waals surface area contributed by atoms with Gasteiger partial charge in [-0.25, -0.2) is 9.78 Å². The summed E-state index contributed by atoms with van der Waals surface area (Å²) in [6, 6.07) is 13.9. The van der Waals surface area contributed by atoms with E-state index in [0.29, 0.717) is 17.2 Å². The molecule has 2 heterocycles. The SMILES string of the molecule is CN(c1ccc(S(=O)(=O)N(OC(=O)C(F)(F)F)c2ncns2)cc1Cl)[C@@H]1CCN(Cc2ccccc2)C1. The quantitative estimate of drug-likeness (QED) is 0.370. The third-order valence-electron chi connectivity index (χ3n) is 5.76. The van der Waals surface area contributed by atoms with Crippen LogP contribution in [0.1, 0.15) is 12.0 Å². The zero-order valence-electron chi connectivity index (χ0n) is 19.3. The number of halogens is 4. The highest BCUT2D eigenvalue weighted by Gasteiger charge is 2.45. The number of hydrogen-bond acceptors (Lipinski definition) is 9. The molecule has 0 spiro atoms. The van der Waals surface area contributed by atoms with Gasteiger partial charge in [0.05, 0.1) is 15.6 Å². The zero-order chi connectivity index (χ0) is 26.8. The Morgan fingerprint density at radius 2 is 1.97 bits per heavy atom. The van der Waals surface area contributed by atoms with Gasteiger partial charge in [-0.3, -0.25) is 4.90 Å². The number of nitrogens with zero attached hydrogens (tertiary/aromatic N) is 5. The average molecular weight is 576 g/mol. The minimum Gasteiger partial charge on any atom is -0.369 e. The summed E-state index contributed by atoms with van der Waals surface area (Å²) < 4.78 is 68.0. The Balaban J connectivity index is 1.52. The van der Waals surface area contributed by atoms with Crippen LogP contribution < -0.4 is 9.37 Å². The predicted octanol–water partition coefficient (Wildman–Crippen LogP) is 4.12. The highest BCUT2D eigenvalue weighted by Crippen LogP contribution is 2.34. The van der Waals surface area contributed by atoms with Crippen LogP contribution in [-0.4, -0.2) is 61.0 Å². The minimum absolute atomic E-state index is 0.0597. The number of likely N-dealkylation sites (tertiary alicyclic amines) is 1. The molecule has 15 heteroatoms. The van der Waals surface area contributed by atoms with Gasteiger partial charge < -0.3 is 9.74 Å². The average Bonchev–Trinajstić information content (AvgIpc) is 3.54. The first kappa shape index (κ1) is 27.1. The molecule has 1 atom stereocenters. The molecule has 0 radical (unpaired) electrons. The molecule has 1 aliphatic rings. The van der Waals surface area contributed by atoms with Crippen molar-refractivity contribution in [3.05, 3.63) is 65.4 Å². The number of hydrogen-bond donors (Lipinski definition) is 0. The molecule has 1 aliphatic heterocycles. The van der Waals surface area contributed by atoms with Crippen LogP contribution in [0.25, 0.3) is 0 Å². The second kappa shape index (κ2) is 10.8. The number of rotatable bonds is 8. The molecule has 3 aromatic rings. The monoisotopic (exact) mass is 575 g/mol. The summed E-state index contributed by atoms with van der Waals surface area (Å²) in [4.78, 5) is 22.9. The number of alkyl halides is 3. The van der Waals surface area contributed by atoms with Crippen LogP contribution in [0.2, 0.25) is 5.02 Å². The zero-order valence-corrected chi connectivity index (χ0v) is 21.7. The van der Waals surface area contributed by atoms with Crippen LogP contribution in [0.15, 0.2) is 59.8 Å². The molecule has 0 bridgehead atoms. The van der Waals surface area contributed by atoms with E-state index in [1.165, 1.54) is 17.7 Å². The van der Waals surface area contributed by atoms with Crippen molar-refractivity contribution in [1.29, 1.82) is 0 Å². The Kier molecular flexibility index (Phi) is 7.92. The molecule has 0 saturated carbocycles. The number of likely N-dealkylation sites (N-methyl/N-ethyl adjacent to an activating group) is 1. The fourth-order valence-corrected chi connectivity index (χ4v) is 6.18. The summed E-state index contributed by atoms with van der Waals surface area (Å²) in [5.74, 6) is -2.73. The predicted molar refractivity (Wildman–Crippen MR) is 132 cm³/mol. The number of anilines is 2. The van der Waals surface area contributed by atoms with E-state index in [0.717, 1.165) is 38.4 Å². The molecule has 1 fully saturated rings. The van der Waals surface area contributed by atoms with Crippen molar-refractivity contribution < 1.29 is 31.2 Å². The summed E-state index contributed by atoms with van der Waals surface area (Å²) in [5, 5.41) is -0.524. The maximum Gasteiger partial charge on any atom is 0.493 e. The molecule has 0 N–H and O–H groups in total. The largest absolute Gasteiger partial charge is 0.493 e. The van der Waals surface area contributed by atoms with Crippen molar-refractivity contribution in [3.8, 4) is 0 Å². The second-order valence-corrected chi connectivity index (χ2v) is 11.1. The molecule has 0 amide bonds. The van der Waals surface area contributed by atoms with E-state index in [1.54, 1.807) is 0 Å². The molecule has 0 unspecified atom stereocenters. The molecule has 9 nitrogen and oxygen atoms in total. The Labute approximate surface area is 220 Å². The third-order valence-corrected chi connectivity index (χ3v) is 8.35. The fraction of sp³-hybridized carbons (Fsp3) is 0.318. The topological polar surface area (TPSA) is 95.9 Å². The number of benzene rings is 2. The van der Waals surface area contributed by atoms with Crippen LogP contribution >= 0.6 is 23.1 Å². The van der Waals surface area contributed by atoms with Gasteiger partial charge in [-0.05, 0) is 30.2 Å². The van der Waals surface area contributed by atoms with Gasteiger partial charge in [0.25, 0.3) is 15.2 Å². The van der Waals surface area contributed by atoms with E-state index in [4.69, 9.17) is 11.6 Å². The van der Waals surface area contributed by atoms with Gasteiger partial charge in [0.2, 0.25) is 0 Å². The van der Waals surface area contributed by atoms with Crippen molar-refractivity contribution in [3.63, 3.8) is 0 Å². The van der Waals surface area contributed by atoms with Gasteiger partial charge in [0.1, 0.15) is 6.33 Å². The van der Waals surface area contributed by atoms with Gasteiger partial charge >= 0.3 is 12.1 Å². The Morgan fingerprint density at radius 1 is 1.24 bits per heavy atom. The van der Waals surface area contributed by atoms with Gasteiger partial charge in [-0.2, -0.15) is 26.0 Å². The van der Waals surface area contributed by atoms with Crippen molar-refractivity contribution in [2.75, 3.05) is 29.5 Å². The normalized spacial score (nSPS) is 16.5. The van der Waals surface area contributed by atoms with E-state index in [-0.39, 0.29) is 15.5 Å². The van der Waals surface area contributed by atoms with E-state index >= 15 is 0 Å². The molecule has 1 aromatic heterocycles. The van der Waals surface area contributed by atoms with Crippen LogP contribution in [0.5, 0.6) is 0 Å². The van der Waals surface area contributed by atoms with Crippen LogP contribution in [0.3, 0.4) is 0 Å². The summed E-state index contributed by atoms with van der Waals surface area (Å²) in [7, 11) is -2.98. The van der Waals surface area contributed by atoms with Gasteiger partial charge in [-0.15, -0.1) is 0 Å². The second-order valence-electron chi connectivity index (χ2n) is 8.22. The summed E-state index contributed by atoms with van der Waals surface area (Å²) in [6.07, 6.45) is -3.66. The molecule has 1 saturated heterocycles. The van der Waals surface area contributed by atoms with Gasteiger partial charge in [0, 0.05) is 44.3 Å². The number of carbonyl (C=O) groups is 1. The maximum atomic E-state index is 13.1. The van der Waals surface area contributed by atoms with E-state index in [9.17, 15) is 26.4 Å². The van der Waals surface area contributed by atoms with Gasteiger partial charge in [-0.1, -0.05) is 46.4 Å². The molecule has 37 heavy (non-hydrogen) atoms. The van der Waals surface area contributed by atoms with E-state index < -0.39 is 32.2 Å². The number of aromatic nitrogens is 2. The Hall–Kier alpha value is -2.94. The van der Waals surface area contributed by atoms with E-state index in [1.807, 2.05) is 30.1 Å².